The fraction of sp³-hybridized carbons (Fsp3) is 1.00. The van der Waals surface area contributed by atoms with Crippen LogP contribution in [0.25, 0.3) is 0 Å². The van der Waals surface area contributed by atoms with Gasteiger partial charge < -0.3 is 15.7 Å². The number of nitrogens with one attached hydrogen (secondary N) is 2. The van der Waals surface area contributed by atoms with Gasteiger partial charge in [-0.05, 0) is 19.4 Å². The standard InChI is InChI=1S/C7H16N2O/c10-4-2-1-3-9-7-5-8-6-7/h7-10H,1-6H2. The number of aliphatic hydroxyl groups excluding tert-OH is 1. The maximum Gasteiger partial charge on any atom is 0.0431 e. The lowest BCUT2D eigenvalue weighted by Crippen LogP contribution is -2.55. The lowest BCUT2D eigenvalue weighted by molar-refractivity contribution is 0.279. The average Bonchev–Trinajstić information content (AvgIpc) is 1.84. The first-order chi connectivity index (χ1) is 4.93. The van der Waals surface area contributed by atoms with E-state index >= 15 is 0 Å². The molecule has 3 N–H and O–H groups in total. The Kier molecular flexibility index (Phi) is 3.72. The van der Waals surface area contributed by atoms with Crippen molar-refractivity contribution < 1.29 is 5.11 Å². The van der Waals surface area contributed by atoms with Gasteiger partial charge in [0.2, 0.25) is 0 Å². The Balaban J connectivity index is 1.76. The van der Waals surface area contributed by atoms with Crippen molar-refractivity contribution in [3.63, 3.8) is 0 Å². The smallest absolute Gasteiger partial charge is 0.0431 e. The van der Waals surface area contributed by atoms with Gasteiger partial charge in [0.05, 0.1) is 0 Å². The molecule has 1 aliphatic heterocycles. The van der Waals surface area contributed by atoms with Gasteiger partial charge in [-0.15, -0.1) is 0 Å². The summed E-state index contributed by atoms with van der Waals surface area (Å²) in [7, 11) is 0. The van der Waals surface area contributed by atoms with Gasteiger partial charge in [0.15, 0.2) is 0 Å². The Morgan fingerprint density at radius 3 is 2.70 bits per heavy atom. The normalized spacial score (nSPS) is 18.9. The second-order valence-electron chi connectivity index (χ2n) is 2.74. The third kappa shape index (κ3) is 2.64. The first-order valence-electron chi connectivity index (χ1n) is 3.98. The number of rotatable bonds is 5. The van der Waals surface area contributed by atoms with Crippen LogP contribution in [0.15, 0.2) is 0 Å². The van der Waals surface area contributed by atoms with E-state index in [9.17, 15) is 0 Å². The molecular formula is C7H16N2O. The first-order valence-corrected chi connectivity index (χ1v) is 3.98. The first kappa shape index (κ1) is 7.98. The summed E-state index contributed by atoms with van der Waals surface area (Å²) in [6, 6.07) is 0.693. The Morgan fingerprint density at radius 2 is 2.20 bits per heavy atom. The molecule has 0 spiro atoms. The molecule has 0 bridgehead atoms. The van der Waals surface area contributed by atoms with Crippen LogP contribution in [-0.2, 0) is 0 Å². The van der Waals surface area contributed by atoms with Crippen molar-refractivity contribution in [2.45, 2.75) is 18.9 Å². The Hall–Kier alpha value is -0.120. The lowest BCUT2D eigenvalue weighted by atomic mass is 10.2. The minimum absolute atomic E-state index is 0.324. The minimum atomic E-state index is 0.324. The topological polar surface area (TPSA) is 44.3 Å². The highest BCUT2D eigenvalue weighted by atomic mass is 16.2. The zero-order valence-electron chi connectivity index (χ0n) is 6.27. The fourth-order valence-electron chi connectivity index (χ4n) is 0.976. The zero-order valence-corrected chi connectivity index (χ0v) is 6.27. The van der Waals surface area contributed by atoms with Crippen molar-refractivity contribution in [3.05, 3.63) is 0 Å². The SMILES string of the molecule is OCCCCNC1CNC1. The van der Waals surface area contributed by atoms with Gasteiger partial charge in [0.25, 0.3) is 0 Å². The van der Waals surface area contributed by atoms with Crippen molar-refractivity contribution in [1.82, 2.24) is 10.6 Å². The minimum Gasteiger partial charge on any atom is -0.396 e. The van der Waals surface area contributed by atoms with Gasteiger partial charge in [-0.2, -0.15) is 0 Å². The number of hydrogen-bond acceptors (Lipinski definition) is 3. The summed E-state index contributed by atoms with van der Waals surface area (Å²) in [5.74, 6) is 0. The van der Waals surface area contributed by atoms with Crippen molar-refractivity contribution in [3.8, 4) is 0 Å². The van der Waals surface area contributed by atoms with E-state index in [1.165, 1.54) is 0 Å². The van der Waals surface area contributed by atoms with E-state index in [0.29, 0.717) is 12.6 Å². The largest absolute Gasteiger partial charge is 0.396 e. The van der Waals surface area contributed by atoms with Gasteiger partial charge >= 0.3 is 0 Å². The van der Waals surface area contributed by atoms with E-state index in [1.807, 2.05) is 0 Å². The van der Waals surface area contributed by atoms with Crippen molar-refractivity contribution >= 4 is 0 Å². The quantitative estimate of drug-likeness (QED) is 0.448. The van der Waals surface area contributed by atoms with Crippen LogP contribution in [0.3, 0.4) is 0 Å². The fourth-order valence-corrected chi connectivity index (χ4v) is 0.976. The Labute approximate surface area is 61.8 Å². The zero-order chi connectivity index (χ0) is 7.23. The van der Waals surface area contributed by atoms with Crippen LogP contribution in [0.2, 0.25) is 0 Å². The molecule has 3 heteroatoms. The van der Waals surface area contributed by atoms with Crippen LogP contribution in [-0.4, -0.2) is 37.4 Å². The summed E-state index contributed by atoms with van der Waals surface area (Å²) in [6.07, 6.45) is 2.01. The van der Waals surface area contributed by atoms with E-state index in [4.69, 9.17) is 5.11 Å². The second kappa shape index (κ2) is 4.66. The highest BCUT2D eigenvalue weighted by Crippen LogP contribution is 1.91. The Morgan fingerprint density at radius 1 is 1.40 bits per heavy atom. The molecule has 0 radical (unpaired) electrons. The number of aliphatic hydroxyl groups is 1. The molecule has 60 valence electrons. The molecule has 0 amide bonds. The van der Waals surface area contributed by atoms with Gasteiger partial charge in [-0.25, -0.2) is 0 Å². The monoisotopic (exact) mass is 144 g/mol. The van der Waals surface area contributed by atoms with E-state index in [0.717, 1.165) is 32.5 Å². The average molecular weight is 144 g/mol. The van der Waals surface area contributed by atoms with Crippen LogP contribution in [0, 0.1) is 0 Å². The van der Waals surface area contributed by atoms with Crippen LogP contribution < -0.4 is 10.6 Å². The van der Waals surface area contributed by atoms with E-state index in [-0.39, 0.29) is 0 Å². The molecular weight excluding hydrogens is 128 g/mol. The van der Waals surface area contributed by atoms with Crippen molar-refractivity contribution in [2.24, 2.45) is 0 Å². The third-order valence-electron chi connectivity index (χ3n) is 1.80. The number of unbranched alkanes of at least 4 members (excludes halogenated alkanes) is 1. The molecule has 1 rings (SSSR count). The molecule has 1 saturated heterocycles. The van der Waals surface area contributed by atoms with Crippen LogP contribution in [0.4, 0.5) is 0 Å². The molecule has 3 nitrogen and oxygen atoms in total. The summed E-state index contributed by atoms with van der Waals surface area (Å²) >= 11 is 0. The van der Waals surface area contributed by atoms with Gasteiger partial charge in [0, 0.05) is 25.7 Å². The molecule has 0 aromatic heterocycles. The molecule has 0 aromatic rings. The maximum atomic E-state index is 8.46. The molecule has 1 aliphatic rings. The highest BCUT2D eigenvalue weighted by molar-refractivity contribution is 4.80. The molecule has 1 fully saturated rings. The predicted molar refractivity (Wildman–Crippen MR) is 41.0 cm³/mol. The summed E-state index contributed by atoms with van der Waals surface area (Å²) in [5, 5.41) is 15.0. The van der Waals surface area contributed by atoms with Gasteiger partial charge in [-0.3, -0.25) is 0 Å². The molecule has 0 aromatic carbocycles. The van der Waals surface area contributed by atoms with Crippen LogP contribution in [0.5, 0.6) is 0 Å². The lowest BCUT2D eigenvalue weighted by Gasteiger charge is -2.28. The number of hydrogen-bond donors (Lipinski definition) is 3. The third-order valence-corrected chi connectivity index (χ3v) is 1.80. The highest BCUT2D eigenvalue weighted by Gasteiger charge is 2.14. The summed E-state index contributed by atoms with van der Waals surface area (Å²) in [4.78, 5) is 0. The van der Waals surface area contributed by atoms with Crippen LogP contribution in [0.1, 0.15) is 12.8 Å². The van der Waals surface area contributed by atoms with Crippen molar-refractivity contribution in [1.29, 1.82) is 0 Å². The molecule has 0 unspecified atom stereocenters. The summed E-state index contributed by atoms with van der Waals surface area (Å²) in [6.45, 7) is 3.59. The molecule has 0 atom stereocenters. The predicted octanol–water partition coefficient (Wildman–Crippen LogP) is -0.680. The summed E-state index contributed by atoms with van der Waals surface area (Å²) in [5.41, 5.74) is 0. The second-order valence-corrected chi connectivity index (χ2v) is 2.74. The van der Waals surface area contributed by atoms with E-state index in [2.05, 4.69) is 10.6 Å². The molecule has 0 saturated carbocycles. The molecule has 0 aliphatic carbocycles. The summed E-state index contributed by atoms with van der Waals surface area (Å²) < 4.78 is 0. The molecule has 1 heterocycles. The maximum absolute atomic E-state index is 8.46. The van der Waals surface area contributed by atoms with E-state index < -0.39 is 0 Å². The van der Waals surface area contributed by atoms with E-state index in [1.54, 1.807) is 0 Å². The molecule has 10 heavy (non-hydrogen) atoms. The Bertz CT molecular complexity index is 83.7. The van der Waals surface area contributed by atoms with Crippen LogP contribution >= 0.6 is 0 Å². The van der Waals surface area contributed by atoms with Gasteiger partial charge in [-0.1, -0.05) is 0 Å². The van der Waals surface area contributed by atoms with Crippen molar-refractivity contribution in [2.75, 3.05) is 26.2 Å². The van der Waals surface area contributed by atoms with Gasteiger partial charge in [0.1, 0.15) is 0 Å².